The number of anilines is 1. The van der Waals surface area contributed by atoms with Crippen molar-refractivity contribution in [2.24, 2.45) is 10.9 Å². The first-order valence-corrected chi connectivity index (χ1v) is 11.3. The monoisotopic (exact) mass is 380 g/mol. The molecule has 0 aromatic heterocycles. The number of fused-ring (bicyclic) bond motifs is 1. The van der Waals surface area contributed by atoms with Crippen molar-refractivity contribution in [2.45, 2.75) is 45.4 Å². The van der Waals surface area contributed by atoms with Gasteiger partial charge < -0.3 is 4.90 Å². The van der Waals surface area contributed by atoms with Crippen LogP contribution in [-0.2, 0) is 14.6 Å². The van der Waals surface area contributed by atoms with Crippen LogP contribution in [0.1, 0.15) is 31.4 Å². The van der Waals surface area contributed by atoms with Gasteiger partial charge in [-0.3, -0.25) is 4.79 Å². The molecule has 1 aromatic carbocycles. The number of thioether (sulfide) groups is 1. The predicted octanol–water partition coefficient (Wildman–Crippen LogP) is 2.95. The van der Waals surface area contributed by atoms with Gasteiger partial charge in [-0.05, 0) is 37.5 Å². The van der Waals surface area contributed by atoms with Crippen molar-refractivity contribution >= 4 is 38.4 Å². The topological polar surface area (TPSA) is 66.8 Å². The highest BCUT2D eigenvalue weighted by Crippen LogP contribution is 2.42. The lowest BCUT2D eigenvalue weighted by Gasteiger charge is -2.27. The van der Waals surface area contributed by atoms with Gasteiger partial charge >= 0.3 is 0 Å². The van der Waals surface area contributed by atoms with Crippen molar-refractivity contribution in [3.63, 3.8) is 0 Å². The SMILES string of the molecule is CC[C@@H](C)C(=O)N=C1S[C@H]2CS(=O)(=O)C[C@H]2N1c1cccc(C)c1C. The molecule has 2 saturated heterocycles. The minimum absolute atomic E-state index is 0.0617. The van der Waals surface area contributed by atoms with Crippen LogP contribution in [0.4, 0.5) is 5.69 Å². The lowest BCUT2D eigenvalue weighted by molar-refractivity contribution is -0.121. The summed E-state index contributed by atoms with van der Waals surface area (Å²) in [5.41, 5.74) is 3.18. The molecule has 2 heterocycles. The van der Waals surface area contributed by atoms with Crippen LogP contribution in [0.3, 0.4) is 0 Å². The Morgan fingerprint density at radius 2 is 2.08 bits per heavy atom. The lowest BCUT2D eigenvalue weighted by atomic mass is 10.1. The van der Waals surface area contributed by atoms with Crippen LogP contribution >= 0.6 is 11.8 Å². The fraction of sp³-hybridized carbons (Fsp3) is 0.556. The van der Waals surface area contributed by atoms with Gasteiger partial charge in [-0.2, -0.15) is 4.99 Å². The molecule has 2 fully saturated rings. The Kier molecular flexibility index (Phi) is 4.99. The zero-order chi connectivity index (χ0) is 18.4. The van der Waals surface area contributed by atoms with Crippen LogP contribution in [0, 0.1) is 19.8 Å². The summed E-state index contributed by atoms with van der Waals surface area (Å²) in [5.74, 6) is 0.00956. The number of sulfone groups is 1. The van der Waals surface area contributed by atoms with E-state index in [0.717, 1.165) is 23.2 Å². The van der Waals surface area contributed by atoms with Gasteiger partial charge in [0.15, 0.2) is 15.0 Å². The molecule has 0 bridgehead atoms. The maximum atomic E-state index is 12.4. The number of benzene rings is 1. The van der Waals surface area contributed by atoms with Crippen LogP contribution in [0.25, 0.3) is 0 Å². The smallest absolute Gasteiger partial charge is 0.250 e. The molecule has 1 amide bonds. The van der Waals surface area contributed by atoms with Crippen LogP contribution in [-0.4, -0.2) is 42.3 Å². The Bertz CT molecular complexity index is 833. The van der Waals surface area contributed by atoms with E-state index in [4.69, 9.17) is 0 Å². The van der Waals surface area contributed by atoms with E-state index in [9.17, 15) is 13.2 Å². The molecule has 5 nitrogen and oxygen atoms in total. The van der Waals surface area contributed by atoms with Gasteiger partial charge in [-0.25, -0.2) is 8.42 Å². The summed E-state index contributed by atoms with van der Waals surface area (Å²) in [6.07, 6.45) is 0.741. The summed E-state index contributed by atoms with van der Waals surface area (Å²) >= 11 is 1.43. The minimum atomic E-state index is -3.04. The summed E-state index contributed by atoms with van der Waals surface area (Å²) in [6, 6.07) is 5.83. The third-order valence-corrected chi connectivity index (χ3v) is 8.35. The number of carbonyl (C=O) groups is 1. The molecule has 3 atom stereocenters. The molecular weight excluding hydrogens is 356 g/mol. The number of amidine groups is 1. The molecule has 0 aliphatic carbocycles. The van der Waals surface area contributed by atoms with E-state index in [1.165, 1.54) is 11.8 Å². The van der Waals surface area contributed by atoms with E-state index in [2.05, 4.69) is 4.99 Å². The van der Waals surface area contributed by atoms with Crippen molar-refractivity contribution in [1.82, 2.24) is 0 Å². The summed E-state index contributed by atoms with van der Waals surface area (Å²) in [4.78, 5) is 18.7. The van der Waals surface area contributed by atoms with Gasteiger partial charge in [-0.1, -0.05) is 37.7 Å². The molecule has 0 spiro atoms. The number of hydrogen-bond acceptors (Lipinski definition) is 4. The standard InChI is InChI=1S/C18H24N2O3S2/c1-5-11(2)17(21)19-18-20(14-8-6-7-12(3)13(14)4)15-9-25(22,23)10-16(15)24-18/h6-8,11,15-16H,5,9-10H2,1-4H3/t11-,15-,16+/m1/s1. The number of amides is 1. The van der Waals surface area contributed by atoms with Crippen LogP contribution < -0.4 is 4.90 Å². The van der Waals surface area contributed by atoms with Gasteiger partial charge in [0, 0.05) is 16.9 Å². The number of nitrogens with zero attached hydrogens (tertiary/aromatic N) is 2. The van der Waals surface area contributed by atoms with Crippen molar-refractivity contribution in [3.8, 4) is 0 Å². The highest BCUT2D eigenvalue weighted by Gasteiger charge is 2.49. The number of rotatable bonds is 3. The molecule has 2 aliphatic heterocycles. The van der Waals surface area contributed by atoms with Crippen molar-refractivity contribution in [1.29, 1.82) is 0 Å². The average molecular weight is 381 g/mol. The van der Waals surface area contributed by atoms with Crippen molar-refractivity contribution in [2.75, 3.05) is 16.4 Å². The largest absolute Gasteiger partial charge is 0.315 e. The van der Waals surface area contributed by atoms with E-state index in [1.807, 2.05) is 50.8 Å². The highest BCUT2D eigenvalue weighted by atomic mass is 32.2. The van der Waals surface area contributed by atoms with E-state index >= 15 is 0 Å². The van der Waals surface area contributed by atoms with Gasteiger partial charge in [0.05, 0.1) is 17.5 Å². The number of aryl methyl sites for hydroxylation is 1. The first-order valence-electron chi connectivity index (χ1n) is 8.58. The third kappa shape index (κ3) is 3.49. The molecule has 0 radical (unpaired) electrons. The second kappa shape index (κ2) is 6.76. The maximum absolute atomic E-state index is 12.4. The zero-order valence-electron chi connectivity index (χ0n) is 15.0. The van der Waals surface area contributed by atoms with Crippen LogP contribution in [0.15, 0.2) is 23.2 Å². The summed E-state index contributed by atoms with van der Waals surface area (Å²) in [5, 5.41) is 0.581. The number of carbonyl (C=O) groups excluding carboxylic acids is 1. The van der Waals surface area contributed by atoms with Crippen molar-refractivity contribution in [3.05, 3.63) is 29.3 Å². The Morgan fingerprint density at radius 3 is 2.76 bits per heavy atom. The first kappa shape index (κ1) is 18.5. The second-order valence-electron chi connectivity index (χ2n) is 6.93. The second-order valence-corrected chi connectivity index (χ2v) is 10.3. The van der Waals surface area contributed by atoms with Gasteiger partial charge in [0.2, 0.25) is 0 Å². The maximum Gasteiger partial charge on any atom is 0.250 e. The molecule has 7 heteroatoms. The molecular formula is C18H24N2O3S2. The van der Waals surface area contributed by atoms with E-state index in [1.54, 1.807) is 0 Å². The normalized spacial score (nSPS) is 27.5. The molecule has 1 aromatic rings. The molecule has 3 rings (SSSR count). The average Bonchev–Trinajstić information content (AvgIpc) is 3.00. The summed E-state index contributed by atoms with van der Waals surface area (Å²) < 4.78 is 24.2. The highest BCUT2D eigenvalue weighted by molar-refractivity contribution is 8.16. The fourth-order valence-electron chi connectivity index (χ4n) is 3.22. The predicted molar refractivity (Wildman–Crippen MR) is 104 cm³/mol. The zero-order valence-corrected chi connectivity index (χ0v) is 16.7. The van der Waals surface area contributed by atoms with Gasteiger partial charge in [0.1, 0.15) is 0 Å². The molecule has 136 valence electrons. The van der Waals surface area contributed by atoms with Crippen LogP contribution in [0.2, 0.25) is 0 Å². The fourth-order valence-corrected chi connectivity index (χ4v) is 7.13. The molecule has 2 aliphatic rings. The Morgan fingerprint density at radius 1 is 1.36 bits per heavy atom. The number of hydrogen-bond donors (Lipinski definition) is 0. The molecule has 0 saturated carbocycles. The lowest BCUT2D eigenvalue weighted by Crippen LogP contribution is -2.38. The molecule has 0 N–H and O–H groups in total. The molecule has 0 unspecified atom stereocenters. The Hall–Kier alpha value is -1.34. The quantitative estimate of drug-likeness (QED) is 0.806. The van der Waals surface area contributed by atoms with Crippen LogP contribution in [0.5, 0.6) is 0 Å². The van der Waals surface area contributed by atoms with E-state index in [-0.39, 0.29) is 34.6 Å². The first-order chi connectivity index (χ1) is 11.7. The van der Waals surface area contributed by atoms with E-state index < -0.39 is 9.84 Å². The third-order valence-electron chi connectivity index (χ3n) is 5.14. The Labute approximate surface area is 153 Å². The summed E-state index contributed by atoms with van der Waals surface area (Å²) in [6.45, 7) is 7.90. The van der Waals surface area contributed by atoms with Gasteiger partial charge in [0.25, 0.3) is 5.91 Å². The van der Waals surface area contributed by atoms with Gasteiger partial charge in [-0.15, -0.1) is 0 Å². The Balaban J connectivity index is 2.06. The molecule has 25 heavy (non-hydrogen) atoms. The summed E-state index contributed by atoms with van der Waals surface area (Å²) in [7, 11) is -3.04. The van der Waals surface area contributed by atoms with Crippen molar-refractivity contribution < 1.29 is 13.2 Å². The number of aliphatic imine (C=N–C) groups is 1. The van der Waals surface area contributed by atoms with E-state index in [0.29, 0.717) is 5.17 Å². The minimum Gasteiger partial charge on any atom is -0.315 e.